The van der Waals surface area contributed by atoms with Crippen molar-refractivity contribution >= 4 is 17.5 Å². The number of halogens is 1. The van der Waals surface area contributed by atoms with Gasteiger partial charge in [-0.3, -0.25) is 4.79 Å². The first kappa shape index (κ1) is 12.7. The average molecular weight is 210 g/mol. The number of hydrogen-bond acceptors (Lipinski definition) is 3. The van der Waals surface area contributed by atoms with Crippen LogP contribution in [0.25, 0.3) is 0 Å². The number of amides is 1. The molecule has 1 unspecified atom stereocenters. The molecular formula is C8H16ClNO3. The minimum atomic E-state index is -0.513. The summed E-state index contributed by atoms with van der Waals surface area (Å²) in [4.78, 5) is 10.9. The van der Waals surface area contributed by atoms with E-state index >= 15 is 0 Å². The molecular weight excluding hydrogens is 194 g/mol. The molecule has 0 bridgehead atoms. The number of rotatable bonds is 7. The summed E-state index contributed by atoms with van der Waals surface area (Å²) >= 11 is 5.36. The van der Waals surface area contributed by atoms with Gasteiger partial charge in [-0.05, 0) is 6.42 Å². The molecule has 0 rings (SSSR count). The summed E-state index contributed by atoms with van der Waals surface area (Å²) in [7, 11) is 1.52. The van der Waals surface area contributed by atoms with Gasteiger partial charge in [0.15, 0.2) is 0 Å². The molecule has 0 saturated carbocycles. The van der Waals surface area contributed by atoms with Crippen molar-refractivity contribution in [3.8, 4) is 0 Å². The summed E-state index contributed by atoms with van der Waals surface area (Å²) in [6.45, 7) is 0.756. The molecule has 13 heavy (non-hydrogen) atoms. The first-order valence-corrected chi connectivity index (χ1v) is 4.73. The molecule has 0 aliphatic heterocycles. The van der Waals surface area contributed by atoms with E-state index in [1.165, 1.54) is 7.11 Å². The van der Waals surface area contributed by atoms with E-state index in [2.05, 4.69) is 5.32 Å². The number of aliphatic hydroxyl groups is 1. The van der Waals surface area contributed by atoms with Gasteiger partial charge in [-0.1, -0.05) is 0 Å². The average Bonchev–Trinajstić information content (AvgIpc) is 2.05. The van der Waals surface area contributed by atoms with Crippen molar-refractivity contribution in [1.82, 2.24) is 5.32 Å². The van der Waals surface area contributed by atoms with Gasteiger partial charge in [0.1, 0.15) is 0 Å². The molecule has 0 aromatic rings. The molecule has 0 saturated heterocycles. The molecule has 0 heterocycles. The fourth-order valence-electron chi connectivity index (χ4n) is 0.828. The maximum atomic E-state index is 10.9. The van der Waals surface area contributed by atoms with E-state index in [9.17, 15) is 9.90 Å². The number of carbonyl (C=O) groups excluding carboxylic acids is 1. The maximum Gasteiger partial charge on any atom is 0.221 e. The molecule has 78 valence electrons. The summed E-state index contributed by atoms with van der Waals surface area (Å²) in [6.07, 6.45) is 0.311. The second kappa shape index (κ2) is 8.29. The highest BCUT2D eigenvalue weighted by atomic mass is 35.5. The van der Waals surface area contributed by atoms with Crippen LogP contribution in [0.2, 0.25) is 0 Å². The topological polar surface area (TPSA) is 58.6 Å². The molecule has 4 nitrogen and oxygen atoms in total. The Labute approximate surface area is 83.2 Å². The van der Waals surface area contributed by atoms with E-state index in [0.717, 1.165) is 0 Å². The smallest absolute Gasteiger partial charge is 0.221 e. The molecule has 0 fully saturated rings. The zero-order valence-corrected chi connectivity index (χ0v) is 8.51. The zero-order valence-electron chi connectivity index (χ0n) is 7.75. The lowest BCUT2D eigenvalue weighted by molar-refractivity contribution is -0.120. The number of carbonyl (C=O) groups is 1. The van der Waals surface area contributed by atoms with E-state index in [1.54, 1.807) is 0 Å². The van der Waals surface area contributed by atoms with Gasteiger partial charge in [0.05, 0.1) is 12.7 Å². The van der Waals surface area contributed by atoms with Crippen LogP contribution in [0.15, 0.2) is 0 Å². The van der Waals surface area contributed by atoms with E-state index in [0.29, 0.717) is 31.9 Å². The van der Waals surface area contributed by atoms with Gasteiger partial charge in [-0.2, -0.15) is 0 Å². The summed E-state index contributed by atoms with van der Waals surface area (Å²) in [5.74, 6) is 0.242. The Morgan fingerprint density at radius 2 is 2.38 bits per heavy atom. The third kappa shape index (κ3) is 8.02. The van der Waals surface area contributed by atoms with E-state index in [4.69, 9.17) is 16.3 Å². The van der Waals surface area contributed by atoms with Crippen LogP contribution in [0, 0.1) is 0 Å². The SMILES string of the molecule is COCC(O)CCNC(=O)CCCl. The quantitative estimate of drug-likeness (QED) is 0.586. The van der Waals surface area contributed by atoms with Crippen molar-refractivity contribution in [2.45, 2.75) is 18.9 Å². The third-order valence-corrected chi connectivity index (χ3v) is 1.67. The first-order chi connectivity index (χ1) is 6.20. The van der Waals surface area contributed by atoms with Crippen LogP contribution >= 0.6 is 11.6 Å². The van der Waals surface area contributed by atoms with Gasteiger partial charge < -0.3 is 15.2 Å². The van der Waals surface area contributed by atoms with E-state index < -0.39 is 6.10 Å². The largest absolute Gasteiger partial charge is 0.391 e. The molecule has 1 amide bonds. The van der Waals surface area contributed by atoms with Gasteiger partial charge in [0.2, 0.25) is 5.91 Å². The lowest BCUT2D eigenvalue weighted by atomic mass is 10.2. The monoisotopic (exact) mass is 209 g/mol. The van der Waals surface area contributed by atoms with Crippen LogP contribution < -0.4 is 5.32 Å². The van der Waals surface area contributed by atoms with Gasteiger partial charge >= 0.3 is 0 Å². The van der Waals surface area contributed by atoms with Crippen LogP contribution in [0.4, 0.5) is 0 Å². The van der Waals surface area contributed by atoms with Crippen LogP contribution in [-0.4, -0.2) is 43.3 Å². The highest BCUT2D eigenvalue weighted by Gasteiger charge is 2.04. The van der Waals surface area contributed by atoms with Crippen molar-refractivity contribution in [1.29, 1.82) is 0 Å². The van der Waals surface area contributed by atoms with Crippen molar-refractivity contribution in [2.75, 3.05) is 26.1 Å². The summed E-state index contributed by atoms with van der Waals surface area (Å²) in [5.41, 5.74) is 0. The number of aliphatic hydroxyl groups excluding tert-OH is 1. The molecule has 0 aromatic heterocycles. The van der Waals surface area contributed by atoms with Crippen molar-refractivity contribution < 1.29 is 14.6 Å². The van der Waals surface area contributed by atoms with E-state index in [-0.39, 0.29) is 5.91 Å². The highest BCUT2D eigenvalue weighted by Crippen LogP contribution is 1.91. The Bertz CT molecular complexity index is 143. The van der Waals surface area contributed by atoms with Crippen molar-refractivity contribution in [3.63, 3.8) is 0 Å². The Hall–Kier alpha value is -0.320. The van der Waals surface area contributed by atoms with Gasteiger partial charge in [0.25, 0.3) is 0 Å². The van der Waals surface area contributed by atoms with Crippen LogP contribution in [0.3, 0.4) is 0 Å². The molecule has 2 N–H and O–H groups in total. The Balaban J connectivity index is 3.28. The molecule has 0 spiro atoms. The zero-order chi connectivity index (χ0) is 10.1. The number of hydrogen-bond donors (Lipinski definition) is 2. The lowest BCUT2D eigenvalue weighted by Crippen LogP contribution is -2.28. The fourth-order valence-corrected chi connectivity index (χ4v) is 1.000. The van der Waals surface area contributed by atoms with Crippen LogP contribution in [-0.2, 0) is 9.53 Å². The molecule has 0 aliphatic carbocycles. The molecule has 1 atom stereocenters. The molecule has 0 aliphatic rings. The highest BCUT2D eigenvalue weighted by molar-refractivity contribution is 6.18. The van der Waals surface area contributed by atoms with Gasteiger partial charge in [-0.15, -0.1) is 11.6 Å². The number of methoxy groups -OCH3 is 1. The van der Waals surface area contributed by atoms with E-state index in [1.807, 2.05) is 0 Å². The summed E-state index contributed by atoms with van der Waals surface area (Å²) < 4.78 is 4.72. The van der Waals surface area contributed by atoms with Gasteiger partial charge in [-0.25, -0.2) is 0 Å². The standard InChI is InChI=1S/C8H16ClNO3/c1-13-6-7(11)3-5-10-8(12)2-4-9/h7,11H,2-6H2,1H3,(H,10,12). The minimum Gasteiger partial charge on any atom is -0.391 e. The molecule has 0 radical (unpaired) electrons. The molecule has 5 heteroatoms. The third-order valence-electron chi connectivity index (χ3n) is 1.48. The lowest BCUT2D eigenvalue weighted by Gasteiger charge is -2.09. The Morgan fingerprint density at radius 3 is 2.92 bits per heavy atom. The predicted octanol–water partition coefficient (Wildman–Crippen LogP) is 0.129. The first-order valence-electron chi connectivity index (χ1n) is 4.20. The second-order valence-corrected chi connectivity index (χ2v) is 3.06. The molecule has 0 aromatic carbocycles. The Kier molecular flexibility index (Phi) is 8.08. The maximum absolute atomic E-state index is 10.9. The number of alkyl halides is 1. The van der Waals surface area contributed by atoms with Crippen LogP contribution in [0.1, 0.15) is 12.8 Å². The normalized spacial score (nSPS) is 12.5. The van der Waals surface area contributed by atoms with Crippen molar-refractivity contribution in [2.24, 2.45) is 0 Å². The van der Waals surface area contributed by atoms with Crippen molar-refractivity contribution in [3.05, 3.63) is 0 Å². The second-order valence-electron chi connectivity index (χ2n) is 2.69. The number of nitrogens with one attached hydrogen (secondary N) is 1. The Morgan fingerprint density at radius 1 is 1.69 bits per heavy atom. The summed E-state index contributed by atoms with van der Waals surface area (Å²) in [6, 6.07) is 0. The van der Waals surface area contributed by atoms with Gasteiger partial charge in [0, 0.05) is 26.0 Å². The predicted molar refractivity (Wildman–Crippen MR) is 50.8 cm³/mol. The van der Waals surface area contributed by atoms with Crippen LogP contribution in [0.5, 0.6) is 0 Å². The fraction of sp³-hybridized carbons (Fsp3) is 0.875. The summed E-state index contributed by atoms with van der Waals surface area (Å²) in [5, 5.41) is 11.8. The minimum absolute atomic E-state index is 0.0837. The number of ether oxygens (including phenoxy) is 1.